The molecule has 1 aliphatic carbocycles. The van der Waals surface area contributed by atoms with Crippen LogP contribution < -0.4 is 16.1 Å². The topological polar surface area (TPSA) is 58.1 Å². The van der Waals surface area contributed by atoms with Crippen molar-refractivity contribution in [2.45, 2.75) is 39.0 Å². The molecule has 0 radical (unpaired) electrons. The number of aromatic amines is 1. The average molecular weight is 418 g/mol. The SMILES string of the molecule is Cn1c(=O)[nH]c(N2CCC(C)(Cc3ccccc3)CC2)c(CC2=CC=CCC=C2)c1=O. The minimum Gasteiger partial charge on any atom is -0.358 e. The number of nitrogens with zero attached hydrogens (tertiary/aromatic N) is 2. The van der Waals surface area contributed by atoms with Crippen molar-refractivity contribution in [2.75, 3.05) is 18.0 Å². The number of hydrogen-bond donors (Lipinski definition) is 1. The van der Waals surface area contributed by atoms with Gasteiger partial charge >= 0.3 is 5.69 Å². The molecule has 0 spiro atoms. The maximum absolute atomic E-state index is 13.0. The summed E-state index contributed by atoms with van der Waals surface area (Å²) in [6.07, 6.45) is 14.8. The normalized spacial score (nSPS) is 18.0. The number of aromatic nitrogens is 2. The predicted molar refractivity (Wildman–Crippen MR) is 127 cm³/mol. The van der Waals surface area contributed by atoms with Gasteiger partial charge in [-0.15, -0.1) is 0 Å². The first-order valence-electron chi connectivity index (χ1n) is 11.1. The van der Waals surface area contributed by atoms with E-state index in [1.165, 1.54) is 10.1 Å². The molecule has 162 valence electrons. The largest absolute Gasteiger partial charge is 0.358 e. The number of anilines is 1. The number of benzene rings is 1. The van der Waals surface area contributed by atoms with Crippen LogP contribution in [0.25, 0.3) is 0 Å². The third-order valence-electron chi connectivity index (χ3n) is 6.57. The molecule has 0 unspecified atom stereocenters. The van der Waals surface area contributed by atoms with E-state index in [9.17, 15) is 9.59 Å². The Bertz CT molecular complexity index is 1130. The first-order chi connectivity index (χ1) is 15.0. The van der Waals surface area contributed by atoms with E-state index in [1.54, 1.807) is 7.05 Å². The molecule has 1 saturated heterocycles. The highest BCUT2D eigenvalue weighted by atomic mass is 16.2. The molecule has 2 aliphatic rings. The van der Waals surface area contributed by atoms with Crippen molar-refractivity contribution in [1.29, 1.82) is 0 Å². The molecule has 2 heterocycles. The van der Waals surface area contributed by atoms with Crippen LogP contribution in [0.15, 0.2) is 75.9 Å². The Morgan fingerprint density at radius 2 is 1.81 bits per heavy atom. The van der Waals surface area contributed by atoms with Crippen molar-refractivity contribution in [3.05, 3.63) is 98.3 Å². The fraction of sp³-hybridized carbons (Fsp3) is 0.385. The Kier molecular flexibility index (Phi) is 6.12. The van der Waals surface area contributed by atoms with Crippen molar-refractivity contribution >= 4 is 5.82 Å². The molecule has 0 atom stereocenters. The van der Waals surface area contributed by atoms with Crippen LogP contribution in [0.2, 0.25) is 0 Å². The summed E-state index contributed by atoms with van der Waals surface area (Å²) < 4.78 is 1.18. The minimum atomic E-state index is -0.355. The molecule has 2 aromatic rings. The summed E-state index contributed by atoms with van der Waals surface area (Å²) in [5, 5.41) is 0. The summed E-state index contributed by atoms with van der Waals surface area (Å²) in [5.74, 6) is 0.692. The molecule has 0 bridgehead atoms. The fourth-order valence-electron chi connectivity index (χ4n) is 4.57. The standard InChI is InChI=1S/C26H31N3O2/c1-26(19-21-12-8-5-9-13-21)14-16-29(17-15-26)23-22(24(30)28(2)25(31)27-23)18-20-10-6-3-4-7-11-20/h3,5-13H,4,14-19H2,1-2H3,(H,27,31). The lowest BCUT2D eigenvalue weighted by atomic mass is 9.75. The molecule has 5 nitrogen and oxygen atoms in total. The van der Waals surface area contributed by atoms with E-state index in [2.05, 4.69) is 65.4 Å². The molecule has 1 aliphatic heterocycles. The van der Waals surface area contributed by atoms with Gasteiger partial charge in [0.25, 0.3) is 5.56 Å². The van der Waals surface area contributed by atoms with E-state index < -0.39 is 0 Å². The number of nitrogens with one attached hydrogen (secondary N) is 1. The summed E-state index contributed by atoms with van der Waals surface area (Å²) in [7, 11) is 1.54. The van der Waals surface area contributed by atoms with Crippen molar-refractivity contribution in [3.8, 4) is 0 Å². The zero-order chi connectivity index (χ0) is 21.8. The zero-order valence-corrected chi connectivity index (χ0v) is 18.4. The lowest BCUT2D eigenvalue weighted by Crippen LogP contribution is -2.44. The van der Waals surface area contributed by atoms with Gasteiger partial charge in [0, 0.05) is 26.6 Å². The molecular weight excluding hydrogens is 386 g/mol. The lowest BCUT2D eigenvalue weighted by Gasteiger charge is -2.41. The maximum Gasteiger partial charge on any atom is 0.329 e. The molecule has 1 N–H and O–H groups in total. The molecule has 1 fully saturated rings. The van der Waals surface area contributed by atoms with Crippen LogP contribution in [-0.2, 0) is 19.9 Å². The highest BCUT2D eigenvalue weighted by Gasteiger charge is 2.32. The second kappa shape index (κ2) is 8.96. The second-order valence-electron chi connectivity index (χ2n) is 9.07. The van der Waals surface area contributed by atoms with Gasteiger partial charge in [-0.3, -0.25) is 14.3 Å². The molecule has 4 rings (SSSR count). The first kappa shape index (κ1) is 21.2. The fourth-order valence-corrected chi connectivity index (χ4v) is 4.57. The van der Waals surface area contributed by atoms with Gasteiger partial charge in [0.15, 0.2) is 0 Å². The van der Waals surface area contributed by atoms with E-state index in [-0.39, 0.29) is 16.7 Å². The van der Waals surface area contributed by atoms with Crippen LogP contribution in [0, 0.1) is 5.41 Å². The van der Waals surface area contributed by atoms with Crippen LogP contribution in [0.1, 0.15) is 37.3 Å². The first-order valence-corrected chi connectivity index (χ1v) is 11.1. The molecule has 0 amide bonds. The van der Waals surface area contributed by atoms with Gasteiger partial charge in [-0.05, 0) is 42.2 Å². The molecule has 31 heavy (non-hydrogen) atoms. The smallest absolute Gasteiger partial charge is 0.329 e. The van der Waals surface area contributed by atoms with Gasteiger partial charge in [0.05, 0.1) is 5.56 Å². The van der Waals surface area contributed by atoms with Crippen molar-refractivity contribution in [1.82, 2.24) is 9.55 Å². The quantitative estimate of drug-likeness (QED) is 0.803. The van der Waals surface area contributed by atoms with Gasteiger partial charge in [-0.2, -0.15) is 0 Å². The molecule has 5 heteroatoms. The number of allylic oxidation sites excluding steroid dienone is 6. The number of rotatable bonds is 5. The summed E-state index contributed by atoms with van der Waals surface area (Å²) >= 11 is 0. The Morgan fingerprint density at radius 3 is 2.55 bits per heavy atom. The van der Waals surface area contributed by atoms with Crippen molar-refractivity contribution < 1.29 is 0 Å². The Balaban J connectivity index is 1.58. The van der Waals surface area contributed by atoms with E-state index >= 15 is 0 Å². The van der Waals surface area contributed by atoms with Gasteiger partial charge in [-0.1, -0.05) is 67.6 Å². The monoisotopic (exact) mass is 417 g/mol. The van der Waals surface area contributed by atoms with E-state index in [0.717, 1.165) is 44.3 Å². The molecule has 1 aromatic carbocycles. The van der Waals surface area contributed by atoms with E-state index in [4.69, 9.17) is 0 Å². The number of hydrogen-bond acceptors (Lipinski definition) is 3. The molecule has 0 saturated carbocycles. The van der Waals surface area contributed by atoms with Gasteiger partial charge in [-0.25, -0.2) is 4.79 Å². The number of H-pyrrole nitrogens is 1. The second-order valence-corrected chi connectivity index (χ2v) is 9.07. The molecule has 1 aromatic heterocycles. The van der Waals surface area contributed by atoms with Gasteiger partial charge in [0.2, 0.25) is 0 Å². The third kappa shape index (κ3) is 4.82. The van der Waals surface area contributed by atoms with Gasteiger partial charge in [0.1, 0.15) is 5.82 Å². The van der Waals surface area contributed by atoms with E-state index in [1.807, 2.05) is 12.2 Å². The zero-order valence-electron chi connectivity index (χ0n) is 18.4. The van der Waals surface area contributed by atoms with Crippen LogP contribution in [-0.4, -0.2) is 22.6 Å². The minimum absolute atomic E-state index is 0.209. The molecular formula is C26H31N3O2. The lowest BCUT2D eigenvalue weighted by molar-refractivity contribution is 0.245. The van der Waals surface area contributed by atoms with Gasteiger partial charge < -0.3 is 4.90 Å². The summed E-state index contributed by atoms with van der Waals surface area (Å²) in [4.78, 5) is 30.6. The Morgan fingerprint density at radius 1 is 1.06 bits per heavy atom. The Labute approximate surface area is 183 Å². The maximum atomic E-state index is 13.0. The summed E-state index contributed by atoms with van der Waals surface area (Å²) in [6, 6.07) is 10.6. The van der Waals surface area contributed by atoms with Crippen molar-refractivity contribution in [2.24, 2.45) is 12.5 Å². The predicted octanol–water partition coefficient (Wildman–Crippen LogP) is 3.91. The summed E-state index contributed by atoms with van der Waals surface area (Å²) in [5.41, 5.74) is 2.76. The van der Waals surface area contributed by atoms with Crippen LogP contribution in [0.3, 0.4) is 0 Å². The Hall–Kier alpha value is -3.08. The van der Waals surface area contributed by atoms with Crippen LogP contribution in [0.4, 0.5) is 5.82 Å². The number of piperidine rings is 1. The van der Waals surface area contributed by atoms with Crippen LogP contribution >= 0.6 is 0 Å². The third-order valence-corrected chi connectivity index (χ3v) is 6.57. The highest BCUT2D eigenvalue weighted by molar-refractivity contribution is 5.49. The highest BCUT2D eigenvalue weighted by Crippen LogP contribution is 2.36. The van der Waals surface area contributed by atoms with E-state index in [0.29, 0.717) is 17.8 Å². The summed E-state index contributed by atoms with van der Waals surface area (Å²) in [6.45, 7) is 4.00. The van der Waals surface area contributed by atoms with Crippen molar-refractivity contribution in [3.63, 3.8) is 0 Å². The average Bonchev–Trinajstić information content (AvgIpc) is 3.04. The van der Waals surface area contributed by atoms with Crippen LogP contribution in [0.5, 0.6) is 0 Å².